The Morgan fingerprint density at radius 2 is 1.56 bits per heavy atom. The zero-order chi connectivity index (χ0) is 17.7. The van der Waals surface area contributed by atoms with E-state index >= 15 is 0 Å². The first-order chi connectivity index (χ1) is 12.3. The molecule has 142 valence electrons. The van der Waals surface area contributed by atoms with Gasteiger partial charge in [-0.15, -0.1) is 0 Å². The van der Waals surface area contributed by atoms with Gasteiger partial charge in [-0.2, -0.15) is 0 Å². The first-order valence-electron chi connectivity index (χ1n) is 9.66. The quantitative estimate of drug-likeness (QED) is 0.536. The number of hydrogen-bond acceptors (Lipinski definition) is 5. The van der Waals surface area contributed by atoms with Crippen LogP contribution in [0.15, 0.2) is 18.2 Å². The van der Waals surface area contributed by atoms with Crippen molar-refractivity contribution in [2.75, 3.05) is 52.7 Å². The lowest BCUT2D eigenvalue weighted by molar-refractivity contribution is 0.0320. The molecule has 0 saturated carbocycles. The first kappa shape index (κ1) is 19.9. The van der Waals surface area contributed by atoms with Gasteiger partial charge in [0.2, 0.25) is 0 Å². The van der Waals surface area contributed by atoms with Crippen molar-refractivity contribution < 1.29 is 18.9 Å². The summed E-state index contributed by atoms with van der Waals surface area (Å²) in [6, 6.07) is 5.88. The summed E-state index contributed by atoms with van der Waals surface area (Å²) in [5, 5.41) is 0. The Labute approximate surface area is 152 Å². The van der Waals surface area contributed by atoms with E-state index < -0.39 is 0 Å². The van der Waals surface area contributed by atoms with Crippen LogP contribution in [0, 0.1) is 0 Å². The van der Waals surface area contributed by atoms with Crippen LogP contribution in [0.4, 0.5) is 0 Å². The molecule has 5 nitrogen and oxygen atoms in total. The summed E-state index contributed by atoms with van der Waals surface area (Å²) in [6.45, 7) is 10.9. The minimum Gasteiger partial charge on any atom is -0.493 e. The van der Waals surface area contributed by atoms with E-state index in [2.05, 4.69) is 18.7 Å². The highest BCUT2D eigenvalue weighted by Gasteiger charge is 2.12. The van der Waals surface area contributed by atoms with Gasteiger partial charge in [0.1, 0.15) is 12.4 Å². The maximum atomic E-state index is 5.99. The number of hydrogen-bond donors (Lipinski definition) is 0. The Hall–Kier alpha value is -1.46. The van der Waals surface area contributed by atoms with Crippen molar-refractivity contribution in [1.82, 2.24) is 4.90 Å². The van der Waals surface area contributed by atoms with Gasteiger partial charge in [0.05, 0.1) is 26.4 Å². The maximum Gasteiger partial charge on any atom is 0.164 e. The molecule has 1 saturated heterocycles. The molecule has 5 heteroatoms. The summed E-state index contributed by atoms with van der Waals surface area (Å²) in [6.07, 6.45) is 4.33. The average molecular weight is 351 g/mol. The number of ether oxygens (including phenoxy) is 4. The highest BCUT2D eigenvalue weighted by molar-refractivity contribution is 5.45. The van der Waals surface area contributed by atoms with Gasteiger partial charge < -0.3 is 18.9 Å². The zero-order valence-electron chi connectivity index (χ0n) is 15.8. The molecule has 0 aliphatic carbocycles. The lowest BCUT2D eigenvalue weighted by Gasteiger charge is -2.26. The monoisotopic (exact) mass is 351 g/mol. The van der Waals surface area contributed by atoms with Gasteiger partial charge in [-0.25, -0.2) is 0 Å². The largest absolute Gasteiger partial charge is 0.493 e. The van der Waals surface area contributed by atoms with Crippen LogP contribution in [0.5, 0.6) is 17.2 Å². The van der Waals surface area contributed by atoms with Crippen molar-refractivity contribution in [3.63, 3.8) is 0 Å². The van der Waals surface area contributed by atoms with E-state index in [0.717, 1.165) is 82.4 Å². The summed E-state index contributed by atoms with van der Waals surface area (Å²) in [5.41, 5.74) is 0. The van der Waals surface area contributed by atoms with E-state index in [-0.39, 0.29) is 0 Å². The molecule has 1 aliphatic heterocycles. The molecule has 1 aliphatic rings. The van der Waals surface area contributed by atoms with Crippen molar-refractivity contribution >= 4 is 0 Å². The van der Waals surface area contributed by atoms with Crippen LogP contribution in [0.3, 0.4) is 0 Å². The average Bonchev–Trinajstić information content (AvgIpc) is 2.64. The molecule has 0 N–H and O–H groups in total. The van der Waals surface area contributed by atoms with Gasteiger partial charge in [0.15, 0.2) is 11.5 Å². The van der Waals surface area contributed by atoms with E-state index in [9.17, 15) is 0 Å². The summed E-state index contributed by atoms with van der Waals surface area (Å²) >= 11 is 0. The molecule has 1 fully saturated rings. The molecule has 0 unspecified atom stereocenters. The van der Waals surface area contributed by atoms with Gasteiger partial charge in [0, 0.05) is 25.7 Å². The van der Waals surface area contributed by atoms with Crippen LogP contribution >= 0.6 is 0 Å². The highest BCUT2D eigenvalue weighted by atomic mass is 16.5. The summed E-state index contributed by atoms with van der Waals surface area (Å²) in [7, 11) is 0. The lowest BCUT2D eigenvalue weighted by atomic mass is 10.3. The molecule has 1 aromatic rings. The fourth-order valence-electron chi connectivity index (χ4n) is 2.58. The maximum absolute atomic E-state index is 5.99. The fraction of sp³-hybridized carbons (Fsp3) is 0.700. The molecule has 2 rings (SSSR count). The first-order valence-corrected chi connectivity index (χ1v) is 9.66. The summed E-state index contributed by atoms with van der Waals surface area (Å²) in [4.78, 5) is 2.36. The third kappa shape index (κ3) is 7.53. The molecule has 0 spiro atoms. The second-order valence-electron chi connectivity index (χ2n) is 6.32. The van der Waals surface area contributed by atoms with E-state index in [1.165, 1.54) is 0 Å². The lowest BCUT2D eigenvalue weighted by Crippen LogP contribution is -2.38. The molecule has 25 heavy (non-hydrogen) atoms. The molecule has 0 atom stereocenters. The molecule has 0 radical (unpaired) electrons. The second kappa shape index (κ2) is 12.0. The Morgan fingerprint density at radius 1 is 0.880 bits per heavy atom. The predicted molar refractivity (Wildman–Crippen MR) is 100 cm³/mol. The van der Waals surface area contributed by atoms with E-state index in [4.69, 9.17) is 18.9 Å². The molecule has 0 aromatic heterocycles. The smallest absolute Gasteiger partial charge is 0.164 e. The number of benzene rings is 1. The van der Waals surface area contributed by atoms with Crippen LogP contribution in [-0.2, 0) is 4.74 Å². The van der Waals surface area contributed by atoms with Crippen LogP contribution in [0.25, 0.3) is 0 Å². The van der Waals surface area contributed by atoms with Gasteiger partial charge in [0.25, 0.3) is 0 Å². The van der Waals surface area contributed by atoms with E-state index in [0.29, 0.717) is 13.2 Å². The fourth-order valence-corrected chi connectivity index (χ4v) is 2.58. The molecule has 1 heterocycles. The Balaban J connectivity index is 1.88. The number of rotatable bonds is 12. The van der Waals surface area contributed by atoms with Gasteiger partial charge in [-0.05, 0) is 25.0 Å². The molecule has 0 amide bonds. The normalized spacial score (nSPS) is 15.1. The third-order valence-electron chi connectivity index (χ3n) is 4.21. The van der Waals surface area contributed by atoms with Gasteiger partial charge >= 0.3 is 0 Å². The third-order valence-corrected chi connectivity index (χ3v) is 4.21. The van der Waals surface area contributed by atoms with Crippen LogP contribution < -0.4 is 14.2 Å². The SMILES string of the molecule is CCCCOc1ccc(OCCN2CCOCC2)c(OCCCC)c1. The van der Waals surface area contributed by atoms with E-state index in [1.807, 2.05) is 18.2 Å². The standard InChI is InChI=1S/C20H33NO4/c1-3-5-12-23-18-7-8-19(20(17-18)24-13-6-4-2)25-16-11-21-9-14-22-15-10-21/h7-8,17H,3-6,9-16H2,1-2H3. The Kier molecular flexibility index (Phi) is 9.52. The van der Waals surface area contributed by atoms with E-state index in [1.54, 1.807) is 0 Å². The number of nitrogens with zero attached hydrogens (tertiary/aromatic N) is 1. The number of unbranched alkanes of at least 4 members (excludes halogenated alkanes) is 2. The van der Waals surface area contributed by atoms with Crippen molar-refractivity contribution in [2.45, 2.75) is 39.5 Å². The minimum atomic E-state index is 0.653. The summed E-state index contributed by atoms with van der Waals surface area (Å²) < 4.78 is 23.1. The Morgan fingerprint density at radius 3 is 2.28 bits per heavy atom. The zero-order valence-corrected chi connectivity index (χ0v) is 15.8. The topological polar surface area (TPSA) is 40.2 Å². The van der Waals surface area contributed by atoms with Crippen molar-refractivity contribution in [3.05, 3.63) is 18.2 Å². The van der Waals surface area contributed by atoms with Crippen LogP contribution in [0.2, 0.25) is 0 Å². The van der Waals surface area contributed by atoms with Gasteiger partial charge in [-0.1, -0.05) is 26.7 Å². The molecular weight excluding hydrogens is 318 g/mol. The highest BCUT2D eigenvalue weighted by Crippen LogP contribution is 2.32. The van der Waals surface area contributed by atoms with Crippen LogP contribution in [-0.4, -0.2) is 57.6 Å². The van der Waals surface area contributed by atoms with Crippen LogP contribution in [0.1, 0.15) is 39.5 Å². The second-order valence-corrected chi connectivity index (χ2v) is 6.32. The molecule has 1 aromatic carbocycles. The molecule has 0 bridgehead atoms. The van der Waals surface area contributed by atoms with Crippen molar-refractivity contribution in [1.29, 1.82) is 0 Å². The van der Waals surface area contributed by atoms with Gasteiger partial charge in [-0.3, -0.25) is 4.90 Å². The minimum absolute atomic E-state index is 0.653. The predicted octanol–water partition coefficient (Wildman–Crippen LogP) is 3.76. The van der Waals surface area contributed by atoms with Crippen molar-refractivity contribution in [3.8, 4) is 17.2 Å². The molecular formula is C20H33NO4. The Bertz CT molecular complexity index is 475. The number of morpholine rings is 1. The summed E-state index contributed by atoms with van der Waals surface area (Å²) in [5.74, 6) is 2.43. The van der Waals surface area contributed by atoms with Crippen molar-refractivity contribution in [2.24, 2.45) is 0 Å².